The molecule has 0 aliphatic heterocycles. The molecular formula is C15H26N2O4. The number of amides is 1. The van der Waals surface area contributed by atoms with Crippen molar-refractivity contribution in [1.82, 2.24) is 10.3 Å². The summed E-state index contributed by atoms with van der Waals surface area (Å²) in [6.07, 6.45) is 0.457. The van der Waals surface area contributed by atoms with E-state index in [0.29, 0.717) is 25.3 Å². The maximum atomic E-state index is 11.8. The molecule has 1 aromatic heterocycles. The van der Waals surface area contributed by atoms with Crippen LogP contribution in [0.2, 0.25) is 0 Å². The van der Waals surface area contributed by atoms with Gasteiger partial charge in [0.2, 0.25) is 5.91 Å². The Bertz CT molecular complexity index is 459. The van der Waals surface area contributed by atoms with Gasteiger partial charge < -0.3 is 19.2 Å². The van der Waals surface area contributed by atoms with Crippen molar-refractivity contribution in [3.05, 3.63) is 17.3 Å². The van der Waals surface area contributed by atoms with Crippen LogP contribution in [0.1, 0.15) is 44.5 Å². The Balaban J connectivity index is 2.48. The van der Waals surface area contributed by atoms with E-state index in [0.717, 1.165) is 11.5 Å². The van der Waals surface area contributed by atoms with Crippen LogP contribution < -0.4 is 5.32 Å². The summed E-state index contributed by atoms with van der Waals surface area (Å²) in [5.41, 5.74) is 0.717. The first kappa shape index (κ1) is 17.7. The average Bonchev–Trinajstić information content (AvgIpc) is 2.79. The molecule has 6 nitrogen and oxygen atoms in total. The van der Waals surface area contributed by atoms with Gasteiger partial charge >= 0.3 is 0 Å². The lowest BCUT2D eigenvalue weighted by Crippen LogP contribution is -2.34. The van der Waals surface area contributed by atoms with Gasteiger partial charge in [-0.3, -0.25) is 4.79 Å². The Morgan fingerprint density at radius 2 is 1.95 bits per heavy atom. The first-order chi connectivity index (χ1) is 9.77. The second-order valence-electron chi connectivity index (χ2n) is 5.98. The molecule has 21 heavy (non-hydrogen) atoms. The molecule has 0 aliphatic carbocycles. The van der Waals surface area contributed by atoms with Gasteiger partial charge in [0.25, 0.3) is 0 Å². The fourth-order valence-corrected chi connectivity index (χ4v) is 1.76. The average molecular weight is 298 g/mol. The van der Waals surface area contributed by atoms with Crippen molar-refractivity contribution in [1.29, 1.82) is 0 Å². The Morgan fingerprint density at radius 1 is 1.33 bits per heavy atom. The van der Waals surface area contributed by atoms with Gasteiger partial charge in [0.1, 0.15) is 5.76 Å². The highest BCUT2D eigenvalue weighted by Crippen LogP contribution is 2.24. The van der Waals surface area contributed by atoms with E-state index in [9.17, 15) is 4.79 Å². The van der Waals surface area contributed by atoms with Gasteiger partial charge in [0.05, 0.1) is 12.2 Å². The van der Waals surface area contributed by atoms with Crippen molar-refractivity contribution >= 4 is 5.91 Å². The summed E-state index contributed by atoms with van der Waals surface area (Å²) in [6, 6.07) is 0. The van der Waals surface area contributed by atoms with Gasteiger partial charge in [0, 0.05) is 32.5 Å². The molecule has 120 valence electrons. The molecule has 1 N–H and O–H groups in total. The summed E-state index contributed by atoms with van der Waals surface area (Å²) in [5, 5.41) is 2.76. The molecule has 1 heterocycles. The van der Waals surface area contributed by atoms with Crippen LogP contribution in [0.4, 0.5) is 0 Å². The summed E-state index contributed by atoms with van der Waals surface area (Å²) >= 11 is 0. The van der Waals surface area contributed by atoms with E-state index in [1.165, 1.54) is 14.2 Å². The number of carbonyl (C=O) groups is 1. The summed E-state index contributed by atoms with van der Waals surface area (Å²) in [7, 11) is 3.07. The highest BCUT2D eigenvalue weighted by molar-refractivity contribution is 5.76. The van der Waals surface area contributed by atoms with Crippen molar-refractivity contribution in [2.45, 2.75) is 52.2 Å². The monoisotopic (exact) mass is 298 g/mol. The SMILES string of the molecule is COC(CNC(=O)CCc1oc(C(C)(C)C)nc1C)OC. The number of nitrogens with zero attached hydrogens (tertiary/aromatic N) is 1. The van der Waals surface area contributed by atoms with E-state index in [-0.39, 0.29) is 11.3 Å². The Labute approximate surface area is 126 Å². The number of ether oxygens (including phenoxy) is 2. The minimum atomic E-state index is -0.423. The van der Waals surface area contributed by atoms with E-state index in [1.807, 2.05) is 27.7 Å². The van der Waals surface area contributed by atoms with Gasteiger partial charge in [-0.15, -0.1) is 0 Å². The summed E-state index contributed by atoms with van der Waals surface area (Å²) in [6.45, 7) is 8.37. The van der Waals surface area contributed by atoms with Crippen molar-refractivity contribution in [3.8, 4) is 0 Å². The van der Waals surface area contributed by atoms with Gasteiger partial charge in [0.15, 0.2) is 12.2 Å². The van der Waals surface area contributed by atoms with Gasteiger partial charge in [-0.1, -0.05) is 20.8 Å². The predicted molar refractivity (Wildman–Crippen MR) is 79.1 cm³/mol. The number of aryl methyl sites for hydroxylation is 2. The standard InChI is InChI=1S/C15H26N2O4/c1-10-11(21-14(17-10)15(2,3)4)7-8-12(18)16-9-13(19-5)20-6/h13H,7-9H2,1-6H3,(H,16,18). The molecule has 0 aliphatic rings. The first-order valence-electron chi connectivity index (χ1n) is 7.07. The third-order valence-corrected chi connectivity index (χ3v) is 3.11. The lowest BCUT2D eigenvalue weighted by atomic mass is 9.97. The smallest absolute Gasteiger partial charge is 0.220 e. The lowest BCUT2D eigenvalue weighted by molar-refractivity contribution is -0.127. The first-order valence-corrected chi connectivity index (χ1v) is 7.07. The number of nitrogens with one attached hydrogen (secondary N) is 1. The van der Waals surface area contributed by atoms with E-state index in [2.05, 4.69) is 10.3 Å². The lowest BCUT2D eigenvalue weighted by Gasteiger charge is -2.13. The van der Waals surface area contributed by atoms with Crippen LogP contribution >= 0.6 is 0 Å². The molecule has 0 saturated heterocycles. The molecule has 1 rings (SSSR count). The van der Waals surface area contributed by atoms with E-state index >= 15 is 0 Å². The summed E-state index contributed by atoms with van der Waals surface area (Å²) < 4.78 is 15.8. The number of hydrogen-bond acceptors (Lipinski definition) is 5. The van der Waals surface area contributed by atoms with Gasteiger partial charge in [-0.05, 0) is 6.92 Å². The molecule has 0 saturated carbocycles. The third-order valence-electron chi connectivity index (χ3n) is 3.11. The predicted octanol–water partition coefficient (Wildman–Crippen LogP) is 1.95. The molecule has 0 atom stereocenters. The molecule has 1 aromatic rings. The minimum absolute atomic E-state index is 0.0674. The van der Waals surface area contributed by atoms with Crippen LogP contribution in [0.25, 0.3) is 0 Å². The second kappa shape index (κ2) is 7.56. The minimum Gasteiger partial charge on any atom is -0.445 e. The summed E-state index contributed by atoms with van der Waals surface area (Å²) in [4.78, 5) is 16.2. The van der Waals surface area contributed by atoms with Gasteiger partial charge in [-0.25, -0.2) is 4.98 Å². The number of rotatable bonds is 7. The topological polar surface area (TPSA) is 73.6 Å². The van der Waals surface area contributed by atoms with Crippen LogP contribution in [0, 0.1) is 6.92 Å². The molecule has 6 heteroatoms. The number of methoxy groups -OCH3 is 2. The molecular weight excluding hydrogens is 272 g/mol. The van der Waals surface area contributed by atoms with Crippen LogP contribution in [0.5, 0.6) is 0 Å². The highest BCUT2D eigenvalue weighted by atomic mass is 16.7. The molecule has 0 spiro atoms. The highest BCUT2D eigenvalue weighted by Gasteiger charge is 2.22. The Kier molecular flexibility index (Phi) is 6.36. The normalized spacial score (nSPS) is 12.0. The Hall–Kier alpha value is -1.40. The quantitative estimate of drug-likeness (QED) is 0.779. The van der Waals surface area contributed by atoms with Crippen LogP contribution in [-0.4, -0.2) is 37.9 Å². The molecule has 0 unspecified atom stereocenters. The fraction of sp³-hybridized carbons (Fsp3) is 0.733. The van der Waals surface area contributed by atoms with E-state index in [1.54, 1.807) is 0 Å². The summed E-state index contributed by atoms with van der Waals surface area (Å²) in [5.74, 6) is 1.40. The number of oxazole rings is 1. The number of carbonyl (C=O) groups excluding carboxylic acids is 1. The maximum absolute atomic E-state index is 11.8. The Morgan fingerprint density at radius 3 is 2.43 bits per heavy atom. The number of aromatic nitrogens is 1. The van der Waals surface area contributed by atoms with E-state index in [4.69, 9.17) is 13.9 Å². The maximum Gasteiger partial charge on any atom is 0.220 e. The van der Waals surface area contributed by atoms with Crippen LogP contribution in [0.3, 0.4) is 0 Å². The number of hydrogen-bond donors (Lipinski definition) is 1. The van der Waals surface area contributed by atoms with Crippen LogP contribution in [0.15, 0.2) is 4.42 Å². The van der Waals surface area contributed by atoms with Crippen LogP contribution in [-0.2, 0) is 26.1 Å². The van der Waals surface area contributed by atoms with E-state index < -0.39 is 6.29 Å². The third kappa shape index (κ3) is 5.47. The molecule has 1 amide bonds. The fourth-order valence-electron chi connectivity index (χ4n) is 1.76. The largest absolute Gasteiger partial charge is 0.445 e. The van der Waals surface area contributed by atoms with Crippen molar-refractivity contribution < 1.29 is 18.7 Å². The second-order valence-corrected chi connectivity index (χ2v) is 5.98. The molecule has 0 fully saturated rings. The molecule has 0 aromatic carbocycles. The zero-order valence-corrected chi connectivity index (χ0v) is 13.8. The van der Waals surface area contributed by atoms with Crippen molar-refractivity contribution in [2.75, 3.05) is 20.8 Å². The van der Waals surface area contributed by atoms with Crippen molar-refractivity contribution in [3.63, 3.8) is 0 Å². The zero-order chi connectivity index (χ0) is 16.0. The molecule has 0 bridgehead atoms. The molecule has 0 radical (unpaired) electrons. The van der Waals surface area contributed by atoms with Gasteiger partial charge in [-0.2, -0.15) is 0 Å². The van der Waals surface area contributed by atoms with Crippen molar-refractivity contribution in [2.24, 2.45) is 0 Å². The zero-order valence-electron chi connectivity index (χ0n) is 13.8.